The van der Waals surface area contributed by atoms with E-state index in [1.165, 1.54) is 6.08 Å². The zero-order valence-corrected chi connectivity index (χ0v) is 8.93. The maximum absolute atomic E-state index is 9.16. The standard InChI is InChI=1S/C8H18NO2.CH2O3/c1-3-5-6-8-9(10,11)7-4-2;2-1(3)4/h4,10-11H,2-3,5-8H2,1H3;(H2,2,3,4)/q+1;/p-1. The highest BCUT2D eigenvalue weighted by atomic mass is 16.8. The highest BCUT2D eigenvalue weighted by molar-refractivity contribution is 5.50. The van der Waals surface area contributed by atoms with E-state index >= 15 is 0 Å². The van der Waals surface area contributed by atoms with Crippen LogP contribution in [-0.4, -0.2) is 39.6 Å². The lowest BCUT2D eigenvalue weighted by Crippen LogP contribution is -2.41. The molecule has 0 bridgehead atoms. The minimum Gasteiger partial charge on any atom is -0.565 e. The summed E-state index contributed by atoms with van der Waals surface area (Å²) in [5.74, 6) is 0. The van der Waals surface area contributed by atoms with Crippen LogP contribution in [0.5, 0.6) is 0 Å². The predicted octanol–water partition coefficient (Wildman–Crippen LogP) is 0.845. The maximum atomic E-state index is 9.16. The summed E-state index contributed by atoms with van der Waals surface area (Å²) in [5, 5.41) is 33.6. The van der Waals surface area contributed by atoms with Crippen LogP contribution in [0.1, 0.15) is 26.2 Å². The van der Waals surface area contributed by atoms with Crippen LogP contribution < -0.4 is 5.11 Å². The van der Waals surface area contributed by atoms with Crippen molar-refractivity contribution in [3.63, 3.8) is 0 Å². The third-order valence-corrected chi connectivity index (χ3v) is 1.54. The van der Waals surface area contributed by atoms with E-state index < -0.39 is 11.0 Å². The summed E-state index contributed by atoms with van der Waals surface area (Å²) < 4.78 is 0. The number of quaternary nitrogens is 1. The molecule has 0 atom stereocenters. The molecule has 6 heteroatoms. The summed E-state index contributed by atoms with van der Waals surface area (Å²) in [6.45, 7) is 6.11. The van der Waals surface area contributed by atoms with Gasteiger partial charge in [-0.1, -0.05) is 19.9 Å². The SMILES string of the molecule is C=CC[N+](O)(O)CCCCC.O=C([O-])O. The molecule has 90 valence electrons. The van der Waals surface area contributed by atoms with Crippen molar-refractivity contribution in [1.82, 2.24) is 0 Å². The van der Waals surface area contributed by atoms with E-state index in [1.54, 1.807) is 0 Å². The Morgan fingerprint density at radius 3 is 2.27 bits per heavy atom. The van der Waals surface area contributed by atoms with Crippen LogP contribution in [0, 0.1) is 0 Å². The molecule has 0 radical (unpaired) electrons. The van der Waals surface area contributed by atoms with Crippen molar-refractivity contribution in [3.05, 3.63) is 12.7 Å². The Bertz CT molecular complexity index is 177. The topological polar surface area (TPSA) is 101 Å². The van der Waals surface area contributed by atoms with Crippen molar-refractivity contribution in [2.75, 3.05) is 13.1 Å². The summed E-state index contributed by atoms with van der Waals surface area (Å²) in [7, 11) is 0. The van der Waals surface area contributed by atoms with Crippen molar-refractivity contribution in [1.29, 1.82) is 0 Å². The molecule has 0 aromatic carbocycles. The first-order valence-electron chi connectivity index (χ1n) is 4.69. The normalized spacial score (nSPS) is 10.1. The van der Waals surface area contributed by atoms with E-state index in [-0.39, 0.29) is 6.54 Å². The van der Waals surface area contributed by atoms with E-state index in [0.29, 0.717) is 6.54 Å². The second-order valence-corrected chi connectivity index (χ2v) is 3.05. The number of carbonyl (C=O) groups is 1. The molecule has 0 saturated heterocycles. The van der Waals surface area contributed by atoms with Crippen LogP contribution in [0.4, 0.5) is 4.79 Å². The smallest absolute Gasteiger partial charge is 0.249 e. The van der Waals surface area contributed by atoms with Crippen LogP contribution in [0.25, 0.3) is 0 Å². The largest absolute Gasteiger partial charge is 0.565 e. The van der Waals surface area contributed by atoms with Gasteiger partial charge < -0.3 is 15.0 Å². The van der Waals surface area contributed by atoms with Gasteiger partial charge in [0.1, 0.15) is 6.54 Å². The number of carboxylic acid groups (broad SMARTS) is 2. The number of unbranched alkanes of at least 4 members (excludes halogenated alkanes) is 2. The Balaban J connectivity index is 0. The van der Waals surface area contributed by atoms with E-state index in [1.807, 2.05) is 0 Å². The van der Waals surface area contributed by atoms with Crippen LogP contribution in [0.15, 0.2) is 12.7 Å². The van der Waals surface area contributed by atoms with Gasteiger partial charge in [-0.15, -0.1) is 0 Å². The molecule has 0 aliphatic rings. The molecule has 0 spiro atoms. The summed E-state index contributed by atoms with van der Waals surface area (Å²) >= 11 is 0. The third-order valence-electron chi connectivity index (χ3n) is 1.54. The number of hydrogen-bond donors (Lipinski definition) is 3. The van der Waals surface area contributed by atoms with Gasteiger partial charge in [0, 0.05) is 6.42 Å². The quantitative estimate of drug-likeness (QED) is 0.267. The Hall–Kier alpha value is -1.11. The average molecular weight is 221 g/mol. The molecular weight excluding hydrogens is 202 g/mol. The Kier molecular flexibility index (Phi) is 10.3. The van der Waals surface area contributed by atoms with Gasteiger partial charge in [0.2, 0.25) is 6.16 Å². The van der Waals surface area contributed by atoms with Crippen LogP contribution in [-0.2, 0) is 0 Å². The molecule has 0 rings (SSSR count). The minimum absolute atomic E-state index is 0.198. The molecule has 0 unspecified atom stereocenters. The zero-order valence-electron chi connectivity index (χ0n) is 8.93. The molecule has 0 saturated carbocycles. The lowest BCUT2D eigenvalue weighted by molar-refractivity contribution is -1.24. The maximum Gasteiger partial charge on any atom is 0.249 e. The lowest BCUT2D eigenvalue weighted by atomic mass is 10.2. The fraction of sp³-hybridized carbons (Fsp3) is 0.667. The van der Waals surface area contributed by atoms with Crippen molar-refractivity contribution < 1.29 is 30.2 Å². The van der Waals surface area contributed by atoms with Gasteiger partial charge in [-0.2, -0.15) is 10.4 Å². The van der Waals surface area contributed by atoms with Crippen LogP contribution >= 0.6 is 0 Å². The summed E-state index contributed by atoms with van der Waals surface area (Å²) in [5.41, 5.74) is 0. The van der Waals surface area contributed by atoms with Gasteiger partial charge in [0.05, 0.1) is 0 Å². The molecule has 6 nitrogen and oxygen atoms in total. The fourth-order valence-corrected chi connectivity index (χ4v) is 0.913. The number of nitrogens with zero attached hydrogens (tertiary/aromatic N) is 1. The van der Waals surface area contributed by atoms with Gasteiger partial charge in [0.25, 0.3) is 0 Å². The highest BCUT2D eigenvalue weighted by Gasteiger charge is 2.18. The minimum atomic E-state index is -2.08. The first-order valence-corrected chi connectivity index (χ1v) is 4.69. The van der Waals surface area contributed by atoms with E-state index in [2.05, 4.69) is 13.5 Å². The van der Waals surface area contributed by atoms with Crippen molar-refractivity contribution in [2.45, 2.75) is 26.2 Å². The molecule has 0 aliphatic heterocycles. The average Bonchev–Trinajstić information content (AvgIpc) is 2.03. The molecule has 3 N–H and O–H groups in total. The number of hydroxylamine groups is 4. The molecule has 0 fully saturated rings. The molecule has 0 heterocycles. The van der Waals surface area contributed by atoms with E-state index in [4.69, 9.17) is 25.4 Å². The van der Waals surface area contributed by atoms with Crippen molar-refractivity contribution in [2.24, 2.45) is 0 Å². The van der Waals surface area contributed by atoms with Crippen LogP contribution in [0.2, 0.25) is 0 Å². The molecule has 15 heavy (non-hydrogen) atoms. The van der Waals surface area contributed by atoms with Gasteiger partial charge in [-0.25, -0.2) is 0 Å². The zero-order chi connectivity index (χ0) is 12.3. The molecule has 0 aromatic heterocycles. The van der Waals surface area contributed by atoms with Gasteiger partial charge in [0.15, 0.2) is 6.54 Å². The first kappa shape index (κ1) is 16.3. The summed E-state index contributed by atoms with van der Waals surface area (Å²) in [4.78, 5) is 7.53. The molecular formula is C9H19NO5. The Morgan fingerprint density at radius 1 is 1.47 bits per heavy atom. The monoisotopic (exact) mass is 221 g/mol. The first-order chi connectivity index (χ1) is 6.85. The Labute approximate surface area is 89.2 Å². The fourth-order valence-electron chi connectivity index (χ4n) is 0.913. The van der Waals surface area contributed by atoms with Gasteiger partial charge in [-0.3, -0.25) is 0 Å². The van der Waals surface area contributed by atoms with E-state index in [9.17, 15) is 0 Å². The molecule has 0 aliphatic carbocycles. The predicted molar refractivity (Wildman–Crippen MR) is 51.3 cm³/mol. The Morgan fingerprint density at radius 2 is 1.93 bits per heavy atom. The van der Waals surface area contributed by atoms with Crippen LogP contribution in [0.3, 0.4) is 0 Å². The van der Waals surface area contributed by atoms with Crippen molar-refractivity contribution in [3.8, 4) is 0 Å². The highest BCUT2D eigenvalue weighted by Crippen LogP contribution is 2.02. The molecule has 0 amide bonds. The van der Waals surface area contributed by atoms with Gasteiger partial charge >= 0.3 is 0 Å². The third kappa shape index (κ3) is 19.3. The number of hydrogen-bond acceptors (Lipinski definition) is 4. The van der Waals surface area contributed by atoms with Crippen molar-refractivity contribution >= 4 is 6.16 Å². The van der Waals surface area contributed by atoms with E-state index in [0.717, 1.165) is 19.3 Å². The second-order valence-electron chi connectivity index (χ2n) is 3.05. The summed E-state index contributed by atoms with van der Waals surface area (Å²) in [6.07, 6.45) is 2.40. The summed E-state index contributed by atoms with van der Waals surface area (Å²) in [6, 6.07) is 0. The number of rotatable bonds is 6. The lowest BCUT2D eigenvalue weighted by Gasteiger charge is -2.19. The second kappa shape index (κ2) is 9.45. The van der Waals surface area contributed by atoms with Gasteiger partial charge in [-0.05, 0) is 17.3 Å². The molecule has 0 aromatic rings.